The van der Waals surface area contributed by atoms with Gasteiger partial charge in [-0.1, -0.05) is 29.8 Å². The fourth-order valence-corrected chi connectivity index (χ4v) is 4.47. The first-order valence-corrected chi connectivity index (χ1v) is 12.4. The van der Waals surface area contributed by atoms with E-state index < -0.39 is 10.1 Å². The van der Waals surface area contributed by atoms with Gasteiger partial charge >= 0.3 is 10.1 Å². The van der Waals surface area contributed by atoms with Crippen molar-refractivity contribution < 1.29 is 17.3 Å². The van der Waals surface area contributed by atoms with Crippen LogP contribution in [0, 0.1) is 13.8 Å². The van der Waals surface area contributed by atoms with E-state index in [2.05, 4.69) is 37.0 Å². The lowest BCUT2D eigenvalue weighted by atomic mass is 10.0. The van der Waals surface area contributed by atoms with Crippen LogP contribution in [-0.2, 0) is 23.1 Å². The number of benzene rings is 3. The Morgan fingerprint density at radius 2 is 1.79 bits per heavy atom. The molecule has 33 heavy (non-hydrogen) atoms. The largest absolute Gasteiger partial charge is 0.490 e. The SMILES string of the molecule is C=CCc1cc(CNc2cc(C)ccc2C)cc(OCC)c1OS(=O)(=O)c1ccc(Cl)cc1. The van der Waals surface area contributed by atoms with Crippen LogP contribution in [0.4, 0.5) is 5.69 Å². The first-order valence-electron chi connectivity index (χ1n) is 10.6. The summed E-state index contributed by atoms with van der Waals surface area (Å²) in [4.78, 5) is 0.0135. The molecule has 0 saturated heterocycles. The minimum atomic E-state index is -4.08. The third-order valence-corrected chi connectivity index (χ3v) is 6.51. The summed E-state index contributed by atoms with van der Waals surface area (Å²) in [6, 6.07) is 15.8. The summed E-state index contributed by atoms with van der Waals surface area (Å²) in [5.41, 5.74) is 4.97. The van der Waals surface area contributed by atoms with Gasteiger partial charge in [0.2, 0.25) is 0 Å². The highest BCUT2D eigenvalue weighted by Crippen LogP contribution is 2.36. The molecule has 0 aliphatic heterocycles. The average Bonchev–Trinajstić information content (AvgIpc) is 2.77. The number of halogens is 1. The van der Waals surface area contributed by atoms with Crippen LogP contribution in [0.5, 0.6) is 11.5 Å². The highest BCUT2D eigenvalue weighted by molar-refractivity contribution is 7.87. The molecule has 3 rings (SSSR count). The molecule has 0 aliphatic rings. The number of anilines is 1. The molecule has 0 heterocycles. The van der Waals surface area contributed by atoms with E-state index in [9.17, 15) is 8.42 Å². The highest BCUT2D eigenvalue weighted by Gasteiger charge is 2.22. The Bertz CT molecular complexity index is 1240. The summed E-state index contributed by atoms with van der Waals surface area (Å²) in [6.45, 7) is 10.6. The third kappa shape index (κ3) is 6.30. The van der Waals surface area contributed by atoms with Gasteiger partial charge in [-0.2, -0.15) is 8.42 Å². The van der Waals surface area contributed by atoms with Gasteiger partial charge in [0.1, 0.15) is 4.90 Å². The first kappa shape index (κ1) is 24.7. The zero-order valence-corrected chi connectivity index (χ0v) is 20.6. The van der Waals surface area contributed by atoms with Crippen LogP contribution in [0.1, 0.15) is 29.2 Å². The summed E-state index contributed by atoms with van der Waals surface area (Å²) in [6.07, 6.45) is 2.12. The summed E-state index contributed by atoms with van der Waals surface area (Å²) in [7, 11) is -4.08. The predicted octanol–water partition coefficient (Wildman–Crippen LogP) is 6.46. The molecule has 0 amide bonds. The van der Waals surface area contributed by atoms with Crippen molar-refractivity contribution in [3.8, 4) is 11.5 Å². The van der Waals surface area contributed by atoms with Crippen LogP contribution >= 0.6 is 11.6 Å². The maximum Gasteiger partial charge on any atom is 0.339 e. The lowest BCUT2D eigenvalue weighted by molar-refractivity contribution is 0.326. The molecular weight excluding hydrogens is 458 g/mol. The van der Waals surface area contributed by atoms with Crippen LogP contribution in [0.3, 0.4) is 0 Å². The minimum absolute atomic E-state index is 0.0135. The van der Waals surface area contributed by atoms with E-state index in [0.29, 0.717) is 35.9 Å². The van der Waals surface area contributed by atoms with Gasteiger partial charge in [-0.3, -0.25) is 0 Å². The lowest BCUT2D eigenvalue weighted by Gasteiger charge is -2.18. The van der Waals surface area contributed by atoms with Gasteiger partial charge in [-0.25, -0.2) is 0 Å². The third-order valence-electron chi connectivity index (χ3n) is 5.03. The number of ether oxygens (including phenoxy) is 1. The zero-order valence-electron chi connectivity index (χ0n) is 19.0. The van der Waals surface area contributed by atoms with Crippen LogP contribution in [0.2, 0.25) is 5.02 Å². The Hall–Kier alpha value is -2.96. The normalized spacial score (nSPS) is 11.2. The van der Waals surface area contributed by atoms with Gasteiger partial charge in [-0.05, 0) is 86.3 Å². The molecule has 0 saturated carbocycles. The van der Waals surface area contributed by atoms with Gasteiger partial charge < -0.3 is 14.2 Å². The Balaban J connectivity index is 1.96. The monoisotopic (exact) mass is 485 g/mol. The number of hydrogen-bond donors (Lipinski definition) is 1. The molecule has 0 aliphatic carbocycles. The Kier molecular flexibility index (Phi) is 8.06. The van der Waals surface area contributed by atoms with Crippen molar-refractivity contribution in [1.82, 2.24) is 0 Å². The first-order chi connectivity index (χ1) is 15.7. The van der Waals surface area contributed by atoms with E-state index in [1.165, 1.54) is 29.8 Å². The second-order valence-corrected chi connectivity index (χ2v) is 9.65. The quantitative estimate of drug-likeness (QED) is 0.263. The highest BCUT2D eigenvalue weighted by atomic mass is 35.5. The molecule has 0 radical (unpaired) electrons. The van der Waals surface area contributed by atoms with E-state index in [4.69, 9.17) is 20.5 Å². The number of aryl methyl sites for hydroxylation is 2. The van der Waals surface area contributed by atoms with Crippen LogP contribution in [-0.4, -0.2) is 15.0 Å². The maximum absolute atomic E-state index is 12.9. The standard InChI is InChI=1S/C26H28ClNO4S/c1-5-7-21-15-20(17-28-24-14-18(3)8-9-19(24)4)16-25(31-6-2)26(21)32-33(29,30)23-12-10-22(27)11-13-23/h5,8-16,28H,1,6-7,17H2,2-4H3. The second kappa shape index (κ2) is 10.8. The van der Waals surface area contributed by atoms with Crippen LogP contribution in [0.15, 0.2) is 72.1 Å². The summed E-state index contributed by atoms with van der Waals surface area (Å²) in [5.74, 6) is 0.536. The fraction of sp³-hybridized carbons (Fsp3) is 0.231. The van der Waals surface area contributed by atoms with Gasteiger partial charge in [0.15, 0.2) is 11.5 Å². The zero-order chi connectivity index (χ0) is 24.0. The topological polar surface area (TPSA) is 64.6 Å². The van der Waals surface area contributed by atoms with E-state index >= 15 is 0 Å². The van der Waals surface area contributed by atoms with E-state index in [0.717, 1.165) is 16.8 Å². The molecule has 0 atom stereocenters. The molecule has 0 unspecified atom stereocenters. The molecule has 174 valence electrons. The molecular formula is C26H28ClNO4S. The molecule has 7 heteroatoms. The summed E-state index contributed by atoms with van der Waals surface area (Å²) in [5, 5.41) is 3.90. The number of allylic oxidation sites excluding steroid dienone is 1. The summed E-state index contributed by atoms with van der Waals surface area (Å²) < 4.78 is 37.2. The van der Waals surface area contributed by atoms with E-state index in [1.807, 2.05) is 19.9 Å². The smallest absolute Gasteiger partial charge is 0.339 e. The van der Waals surface area contributed by atoms with Gasteiger partial charge in [0, 0.05) is 22.8 Å². The average molecular weight is 486 g/mol. The van der Waals surface area contributed by atoms with Gasteiger partial charge in [-0.15, -0.1) is 6.58 Å². The molecule has 0 aromatic heterocycles. The molecule has 0 spiro atoms. The Morgan fingerprint density at radius 1 is 1.06 bits per heavy atom. The molecule has 5 nitrogen and oxygen atoms in total. The molecule has 0 bridgehead atoms. The Labute approximate surface area is 201 Å². The number of hydrogen-bond acceptors (Lipinski definition) is 5. The number of nitrogens with one attached hydrogen (secondary N) is 1. The summed E-state index contributed by atoms with van der Waals surface area (Å²) >= 11 is 5.89. The predicted molar refractivity (Wildman–Crippen MR) is 134 cm³/mol. The van der Waals surface area contributed by atoms with Crippen molar-refractivity contribution in [1.29, 1.82) is 0 Å². The van der Waals surface area contributed by atoms with Crippen LogP contribution < -0.4 is 14.2 Å². The lowest BCUT2D eigenvalue weighted by Crippen LogP contribution is -2.13. The van der Waals surface area contributed by atoms with Crippen molar-refractivity contribution >= 4 is 27.4 Å². The number of rotatable bonds is 10. The second-order valence-electron chi connectivity index (χ2n) is 7.67. The Morgan fingerprint density at radius 3 is 2.45 bits per heavy atom. The molecule has 1 N–H and O–H groups in total. The molecule has 3 aromatic rings. The van der Waals surface area contributed by atoms with Gasteiger partial charge in [0.25, 0.3) is 0 Å². The minimum Gasteiger partial charge on any atom is -0.490 e. The maximum atomic E-state index is 12.9. The van der Waals surface area contributed by atoms with E-state index in [-0.39, 0.29) is 10.6 Å². The van der Waals surface area contributed by atoms with Crippen molar-refractivity contribution in [2.45, 2.75) is 38.6 Å². The van der Waals surface area contributed by atoms with Crippen molar-refractivity contribution in [3.05, 3.63) is 94.5 Å². The molecule has 3 aromatic carbocycles. The van der Waals surface area contributed by atoms with Crippen molar-refractivity contribution in [2.75, 3.05) is 11.9 Å². The fourth-order valence-electron chi connectivity index (χ4n) is 3.37. The van der Waals surface area contributed by atoms with Crippen molar-refractivity contribution in [2.24, 2.45) is 0 Å². The van der Waals surface area contributed by atoms with Gasteiger partial charge in [0.05, 0.1) is 6.61 Å². The van der Waals surface area contributed by atoms with E-state index in [1.54, 1.807) is 12.1 Å². The van der Waals surface area contributed by atoms with Crippen LogP contribution in [0.25, 0.3) is 0 Å². The van der Waals surface area contributed by atoms with Crippen molar-refractivity contribution in [3.63, 3.8) is 0 Å². The molecule has 0 fully saturated rings.